The Morgan fingerprint density at radius 3 is 2.68 bits per heavy atom. The number of rotatable bonds is 4. The number of methoxy groups -OCH3 is 1. The van der Waals surface area contributed by atoms with Crippen molar-refractivity contribution in [3.63, 3.8) is 0 Å². The summed E-state index contributed by atoms with van der Waals surface area (Å²) in [4.78, 5) is 16.9. The number of nitrogens with zero attached hydrogens (tertiary/aromatic N) is 1. The predicted molar refractivity (Wildman–Crippen MR) is 90.7 cm³/mol. The van der Waals surface area contributed by atoms with Gasteiger partial charge in [-0.05, 0) is 47.5 Å². The van der Waals surface area contributed by atoms with E-state index in [2.05, 4.69) is 11.1 Å². The highest BCUT2D eigenvalue weighted by Crippen LogP contribution is 2.22. The van der Waals surface area contributed by atoms with Crippen LogP contribution in [0.5, 0.6) is 5.75 Å². The SMILES string of the molecule is COc1ccc2cc(/C=C/C(=O)c3scnc3C)ccc2c1. The second kappa shape index (κ2) is 6.12. The van der Waals surface area contributed by atoms with Gasteiger partial charge in [-0.15, -0.1) is 11.3 Å². The molecule has 1 aromatic heterocycles. The average Bonchev–Trinajstić information content (AvgIpc) is 2.98. The molecule has 0 atom stereocenters. The first-order valence-corrected chi connectivity index (χ1v) is 7.75. The molecule has 4 heteroatoms. The highest BCUT2D eigenvalue weighted by molar-refractivity contribution is 7.12. The van der Waals surface area contributed by atoms with Gasteiger partial charge in [0.15, 0.2) is 5.78 Å². The van der Waals surface area contributed by atoms with E-state index in [0.717, 1.165) is 27.8 Å². The lowest BCUT2D eigenvalue weighted by molar-refractivity contribution is 0.105. The maximum atomic E-state index is 12.1. The first-order chi connectivity index (χ1) is 10.7. The van der Waals surface area contributed by atoms with Crippen LogP contribution in [0.4, 0.5) is 0 Å². The predicted octanol–water partition coefficient (Wildman–Crippen LogP) is 4.51. The number of carbonyl (C=O) groups excluding carboxylic acids is 1. The van der Waals surface area contributed by atoms with Crippen LogP contribution in [0.2, 0.25) is 0 Å². The second-order valence-electron chi connectivity index (χ2n) is 4.94. The van der Waals surface area contributed by atoms with E-state index in [1.807, 2.05) is 43.3 Å². The third-order valence-electron chi connectivity index (χ3n) is 3.47. The summed E-state index contributed by atoms with van der Waals surface area (Å²) in [5.41, 5.74) is 3.47. The van der Waals surface area contributed by atoms with Gasteiger partial charge < -0.3 is 4.74 Å². The molecule has 0 fully saturated rings. The minimum atomic E-state index is -0.00479. The fourth-order valence-electron chi connectivity index (χ4n) is 2.26. The summed E-state index contributed by atoms with van der Waals surface area (Å²) in [6, 6.07) is 12.0. The number of allylic oxidation sites excluding steroid dienone is 1. The molecule has 0 aliphatic carbocycles. The van der Waals surface area contributed by atoms with Crippen LogP contribution in [-0.2, 0) is 0 Å². The Bertz CT molecular complexity index is 864. The highest BCUT2D eigenvalue weighted by atomic mass is 32.1. The van der Waals surface area contributed by atoms with E-state index in [4.69, 9.17) is 4.74 Å². The van der Waals surface area contributed by atoms with E-state index in [-0.39, 0.29) is 5.78 Å². The minimum absolute atomic E-state index is 0.00479. The zero-order valence-electron chi connectivity index (χ0n) is 12.4. The molecule has 1 heterocycles. The molecule has 3 aromatic rings. The lowest BCUT2D eigenvalue weighted by Crippen LogP contribution is -1.93. The Morgan fingerprint density at radius 1 is 1.18 bits per heavy atom. The van der Waals surface area contributed by atoms with Crippen LogP contribution in [-0.4, -0.2) is 17.9 Å². The number of ether oxygens (including phenoxy) is 1. The summed E-state index contributed by atoms with van der Waals surface area (Å²) >= 11 is 1.37. The third-order valence-corrected chi connectivity index (χ3v) is 4.41. The fraction of sp³-hybridized carbons (Fsp3) is 0.111. The van der Waals surface area contributed by atoms with Gasteiger partial charge >= 0.3 is 0 Å². The van der Waals surface area contributed by atoms with Crippen LogP contribution < -0.4 is 4.74 Å². The van der Waals surface area contributed by atoms with Crippen molar-refractivity contribution in [2.45, 2.75) is 6.92 Å². The van der Waals surface area contributed by atoms with Crippen molar-refractivity contribution >= 4 is 34.0 Å². The van der Waals surface area contributed by atoms with Gasteiger partial charge in [0.1, 0.15) is 5.75 Å². The molecule has 0 N–H and O–H groups in total. The standard InChI is InChI=1S/C18H15NO2S/c1-12-18(22-11-19-12)17(20)8-4-13-3-5-15-10-16(21-2)7-6-14(15)9-13/h3-11H,1-2H3/b8-4+. The number of ketones is 1. The molecule has 0 spiro atoms. The zero-order valence-corrected chi connectivity index (χ0v) is 13.2. The summed E-state index contributed by atoms with van der Waals surface area (Å²) < 4.78 is 5.22. The Labute approximate surface area is 132 Å². The van der Waals surface area contributed by atoms with E-state index in [1.165, 1.54) is 11.3 Å². The molecule has 0 radical (unpaired) electrons. The average molecular weight is 309 g/mol. The molecule has 0 amide bonds. The number of benzene rings is 2. The van der Waals surface area contributed by atoms with Crippen molar-refractivity contribution in [2.24, 2.45) is 0 Å². The smallest absolute Gasteiger partial charge is 0.197 e. The fourth-order valence-corrected chi connectivity index (χ4v) is 2.98. The molecule has 0 unspecified atom stereocenters. The lowest BCUT2D eigenvalue weighted by atomic mass is 10.1. The molecular weight excluding hydrogens is 294 g/mol. The zero-order chi connectivity index (χ0) is 15.5. The van der Waals surface area contributed by atoms with Crippen molar-refractivity contribution in [3.8, 4) is 5.75 Å². The van der Waals surface area contributed by atoms with Crippen LogP contribution in [0.3, 0.4) is 0 Å². The molecule has 22 heavy (non-hydrogen) atoms. The van der Waals surface area contributed by atoms with Gasteiger partial charge in [0.05, 0.1) is 23.2 Å². The van der Waals surface area contributed by atoms with Crippen molar-refractivity contribution in [3.05, 3.63) is 64.1 Å². The van der Waals surface area contributed by atoms with Crippen LogP contribution in [0, 0.1) is 6.92 Å². The number of aryl methyl sites for hydroxylation is 1. The van der Waals surface area contributed by atoms with Crippen molar-refractivity contribution in [2.75, 3.05) is 7.11 Å². The summed E-state index contributed by atoms with van der Waals surface area (Å²) in [5.74, 6) is 0.835. The molecule has 3 nitrogen and oxygen atoms in total. The van der Waals surface area contributed by atoms with Crippen LogP contribution in [0.15, 0.2) is 48.0 Å². The van der Waals surface area contributed by atoms with Gasteiger partial charge in [-0.3, -0.25) is 4.79 Å². The Morgan fingerprint density at radius 2 is 1.95 bits per heavy atom. The molecule has 3 rings (SSSR count). The highest BCUT2D eigenvalue weighted by Gasteiger charge is 2.08. The van der Waals surface area contributed by atoms with E-state index in [9.17, 15) is 4.79 Å². The maximum absolute atomic E-state index is 12.1. The largest absolute Gasteiger partial charge is 0.497 e. The van der Waals surface area contributed by atoms with E-state index in [1.54, 1.807) is 18.7 Å². The maximum Gasteiger partial charge on any atom is 0.197 e. The van der Waals surface area contributed by atoms with Crippen LogP contribution in [0.25, 0.3) is 16.8 Å². The molecule has 0 aliphatic heterocycles. The molecule has 0 saturated heterocycles. The topological polar surface area (TPSA) is 39.2 Å². The number of thiazole rings is 1. The Hall–Kier alpha value is -2.46. The summed E-state index contributed by atoms with van der Waals surface area (Å²) in [6.07, 6.45) is 3.44. The lowest BCUT2D eigenvalue weighted by Gasteiger charge is -2.03. The molecule has 0 bridgehead atoms. The van der Waals surface area contributed by atoms with Gasteiger partial charge in [0.25, 0.3) is 0 Å². The van der Waals surface area contributed by atoms with Gasteiger partial charge in [-0.25, -0.2) is 4.98 Å². The van der Waals surface area contributed by atoms with Gasteiger partial charge in [0, 0.05) is 0 Å². The van der Waals surface area contributed by atoms with E-state index >= 15 is 0 Å². The number of hydrogen-bond acceptors (Lipinski definition) is 4. The van der Waals surface area contributed by atoms with Gasteiger partial charge in [0.2, 0.25) is 0 Å². The van der Waals surface area contributed by atoms with Crippen molar-refractivity contribution in [1.29, 1.82) is 0 Å². The van der Waals surface area contributed by atoms with Crippen molar-refractivity contribution < 1.29 is 9.53 Å². The first-order valence-electron chi connectivity index (χ1n) is 6.87. The molecule has 110 valence electrons. The monoisotopic (exact) mass is 309 g/mol. The van der Waals surface area contributed by atoms with Crippen LogP contribution >= 0.6 is 11.3 Å². The van der Waals surface area contributed by atoms with Crippen molar-refractivity contribution in [1.82, 2.24) is 4.98 Å². The molecule has 2 aromatic carbocycles. The third kappa shape index (κ3) is 2.92. The van der Waals surface area contributed by atoms with E-state index < -0.39 is 0 Å². The molecule has 0 aliphatic rings. The first kappa shape index (κ1) is 14.5. The summed E-state index contributed by atoms with van der Waals surface area (Å²) in [6.45, 7) is 1.85. The van der Waals surface area contributed by atoms with Crippen LogP contribution in [0.1, 0.15) is 20.9 Å². The summed E-state index contributed by atoms with van der Waals surface area (Å²) in [5, 5.41) is 2.23. The quantitative estimate of drug-likeness (QED) is 0.526. The number of hydrogen-bond donors (Lipinski definition) is 0. The molecular formula is C18H15NO2S. The normalized spacial score (nSPS) is 11.2. The number of fused-ring (bicyclic) bond motifs is 1. The van der Waals surface area contributed by atoms with Gasteiger partial charge in [-0.2, -0.15) is 0 Å². The number of carbonyl (C=O) groups is 1. The summed E-state index contributed by atoms with van der Waals surface area (Å²) in [7, 11) is 1.66. The number of aromatic nitrogens is 1. The van der Waals surface area contributed by atoms with Gasteiger partial charge in [-0.1, -0.05) is 24.3 Å². The Balaban J connectivity index is 1.86. The Kier molecular flexibility index (Phi) is 4.02. The molecule has 0 saturated carbocycles. The second-order valence-corrected chi connectivity index (χ2v) is 5.79. The van der Waals surface area contributed by atoms with E-state index in [0.29, 0.717) is 4.88 Å². The minimum Gasteiger partial charge on any atom is -0.497 e.